The zero-order chi connectivity index (χ0) is 51.6. The number of nitrogens with zero attached hydrogens (tertiary/aromatic N) is 2. The van der Waals surface area contributed by atoms with E-state index >= 15 is 0 Å². The van der Waals surface area contributed by atoms with Gasteiger partial charge in [0.05, 0.1) is 104 Å². The minimum Gasteiger partial charge on any atom is -0.748 e. The van der Waals surface area contributed by atoms with E-state index in [-0.39, 0.29) is 90.4 Å². The van der Waals surface area contributed by atoms with Crippen molar-refractivity contribution >= 4 is 48.1 Å². The minimum atomic E-state index is -4.90. The van der Waals surface area contributed by atoms with E-state index < -0.39 is 58.1 Å². The van der Waals surface area contributed by atoms with E-state index in [0.717, 1.165) is 11.1 Å². The van der Waals surface area contributed by atoms with Crippen LogP contribution in [0.25, 0.3) is 17.4 Å². The Labute approximate surface area is 411 Å². The molecule has 1 atom stereocenters. The summed E-state index contributed by atoms with van der Waals surface area (Å²) in [7, 11) is -12.4. The molecule has 2 heterocycles. The Morgan fingerprint density at radius 1 is 0.771 bits per heavy atom. The average molecular weight is 1040 g/mol. The van der Waals surface area contributed by atoms with E-state index in [9.17, 15) is 43.7 Å². The first-order chi connectivity index (χ1) is 32.9. The number of carboxylic acid groups (broad SMARTS) is 1. The lowest BCUT2D eigenvalue weighted by molar-refractivity contribution is -0.138. The first-order valence-corrected chi connectivity index (χ1v) is 27.4. The van der Waals surface area contributed by atoms with Crippen LogP contribution in [0.15, 0.2) is 69.6 Å². The summed E-state index contributed by atoms with van der Waals surface area (Å²) in [5, 5.41) is 9.45. The minimum absolute atomic E-state index is 0.0649. The molecular formula is C47H66N2O18S3-2. The molecule has 0 aromatic heterocycles. The van der Waals surface area contributed by atoms with Gasteiger partial charge in [0.2, 0.25) is 5.36 Å². The summed E-state index contributed by atoms with van der Waals surface area (Å²) in [5.41, 5.74) is 1.89. The van der Waals surface area contributed by atoms with Crippen molar-refractivity contribution in [1.82, 2.24) is 4.58 Å². The van der Waals surface area contributed by atoms with Crippen LogP contribution < -0.4 is 14.8 Å². The zero-order valence-electron chi connectivity index (χ0n) is 40.4. The van der Waals surface area contributed by atoms with Gasteiger partial charge in [-0.05, 0) is 78.8 Å². The maximum atomic E-state index is 12.3. The largest absolute Gasteiger partial charge is 0.748 e. The van der Waals surface area contributed by atoms with E-state index in [1.165, 1.54) is 18.2 Å². The van der Waals surface area contributed by atoms with E-state index in [4.69, 9.17) is 37.9 Å². The predicted octanol–water partition coefficient (Wildman–Crippen LogP) is 3.50. The Balaban J connectivity index is 1.73. The van der Waals surface area contributed by atoms with Crippen LogP contribution in [0.4, 0.5) is 5.69 Å². The number of allylic oxidation sites excluding steroid dienone is 3. The number of hydrogen-bond donors (Lipinski definition) is 1. The molecule has 0 bridgehead atoms. The molecular weight excluding hydrogens is 977 g/mol. The van der Waals surface area contributed by atoms with Crippen molar-refractivity contribution in [2.24, 2.45) is 0 Å². The lowest BCUT2D eigenvalue weighted by atomic mass is 9.77. The van der Waals surface area contributed by atoms with Crippen molar-refractivity contribution in [3.8, 4) is 11.3 Å². The second kappa shape index (κ2) is 27.1. The molecule has 2 aliphatic heterocycles. The van der Waals surface area contributed by atoms with Crippen LogP contribution in [0.1, 0.15) is 70.3 Å². The standard InChI is InChI=1S/C47H68N2O18S3/c1-46(2,3)40-34-37(67-43-33-36(11-13-39(40)43)48(17-8-32-69(55,56)57)18-21-63-26-29-65-24-23-61-5)9-6-10-44-47(4,16-7-31-68(52,53)54)41-35-38(70(58,59)60)12-14-42(41)49(44)19-22-64-27-30-66-28-25-62-20-15-45(50)51/h6,9-14,33-35H,7-8,15-32H2,1-5H3,(H3-,50,51,52,53,54,55,56,57,58,59,60)/p-2. The molecule has 70 heavy (non-hydrogen) atoms. The summed E-state index contributed by atoms with van der Waals surface area (Å²) in [4.78, 5) is 12.1. The number of methoxy groups -OCH3 is 1. The van der Waals surface area contributed by atoms with Crippen LogP contribution in [0, 0.1) is 0 Å². The fraction of sp³-hybridized carbons (Fsp3) is 0.574. The number of fused-ring (bicyclic) bond motifs is 2. The fourth-order valence-corrected chi connectivity index (χ4v) is 9.40. The second-order valence-electron chi connectivity index (χ2n) is 17.7. The topological polar surface area (TPSA) is 284 Å². The Hall–Kier alpha value is -4.11. The maximum Gasteiger partial charge on any atom is 0.305 e. The highest BCUT2D eigenvalue weighted by atomic mass is 32.2. The Morgan fingerprint density at radius 3 is 1.97 bits per heavy atom. The van der Waals surface area contributed by atoms with Gasteiger partial charge in [0, 0.05) is 60.0 Å². The van der Waals surface area contributed by atoms with Gasteiger partial charge in [0.1, 0.15) is 34.8 Å². The van der Waals surface area contributed by atoms with Gasteiger partial charge in [-0.15, -0.1) is 0 Å². The first-order valence-electron chi connectivity index (χ1n) is 22.8. The Bertz CT molecular complexity index is 2620. The van der Waals surface area contributed by atoms with E-state index in [0.29, 0.717) is 66.8 Å². The monoisotopic (exact) mass is 1040 g/mol. The van der Waals surface area contributed by atoms with Crippen molar-refractivity contribution in [2.45, 2.75) is 69.1 Å². The number of rotatable bonds is 32. The maximum absolute atomic E-state index is 12.3. The molecule has 0 fully saturated rings. The van der Waals surface area contributed by atoms with E-state index in [2.05, 4.69) is 20.8 Å². The third-order valence-electron chi connectivity index (χ3n) is 11.3. The molecule has 4 rings (SSSR count). The van der Waals surface area contributed by atoms with Gasteiger partial charge in [-0.3, -0.25) is 4.79 Å². The van der Waals surface area contributed by atoms with Crippen molar-refractivity contribution < 1.29 is 81.7 Å². The number of carbonyl (C=O) groups is 1. The lowest BCUT2D eigenvalue weighted by Gasteiger charge is -2.30. The smallest absolute Gasteiger partial charge is 0.305 e. The van der Waals surface area contributed by atoms with Gasteiger partial charge in [0.25, 0.3) is 0 Å². The van der Waals surface area contributed by atoms with Gasteiger partial charge in [-0.25, -0.2) is 29.8 Å². The number of carboxylic acids is 1. The Morgan fingerprint density at radius 2 is 1.37 bits per heavy atom. The van der Waals surface area contributed by atoms with Crippen LogP contribution in [0.2, 0.25) is 0 Å². The second-order valence-corrected chi connectivity index (χ2v) is 22.1. The lowest BCUT2D eigenvalue weighted by Crippen LogP contribution is -2.35. The summed E-state index contributed by atoms with van der Waals surface area (Å²) >= 11 is 0. The number of benzene rings is 2. The van der Waals surface area contributed by atoms with Crippen molar-refractivity contribution in [3.05, 3.63) is 82.6 Å². The number of hydrogen-bond acceptors (Lipinski definition) is 18. The molecule has 0 amide bonds. The van der Waals surface area contributed by atoms with Crippen LogP contribution in [0.3, 0.4) is 0 Å². The third kappa shape index (κ3) is 19.1. The molecule has 0 saturated heterocycles. The number of anilines is 1. The quantitative estimate of drug-likeness (QED) is 0.0532. The molecule has 23 heteroatoms. The van der Waals surface area contributed by atoms with Crippen molar-refractivity contribution in [1.29, 1.82) is 0 Å². The van der Waals surface area contributed by atoms with Crippen LogP contribution >= 0.6 is 0 Å². The fourth-order valence-electron chi connectivity index (χ4n) is 7.92. The summed E-state index contributed by atoms with van der Waals surface area (Å²) < 4.78 is 148. The summed E-state index contributed by atoms with van der Waals surface area (Å²) in [5.74, 6) is -1.21. The molecule has 0 spiro atoms. The SMILES string of the molecule is COCCOCCOCC[N+](CCCS(=O)(=O)[O-])=c1ccc2c(C(C)(C)C)cc(/C=C/C=C3/N(CCOCCOCCOCCC(=O)O)c4ccc(S(=O)(=O)[O-])cc4C3(C)CCCS(=O)(=O)[O-])oc-2c1. The van der Waals surface area contributed by atoms with Crippen LogP contribution in [-0.4, -0.2) is 161 Å². The molecule has 20 nitrogen and oxygen atoms in total. The molecule has 1 aromatic rings. The number of ether oxygens (including phenoxy) is 6. The Kier molecular flexibility index (Phi) is 22.6. The van der Waals surface area contributed by atoms with Gasteiger partial charge in [-0.2, -0.15) is 0 Å². The van der Waals surface area contributed by atoms with E-state index in [1.807, 2.05) is 33.7 Å². The average Bonchev–Trinajstić information content (AvgIpc) is 3.49. The normalized spacial score (nSPS) is 16.7. The third-order valence-corrected chi connectivity index (χ3v) is 13.7. The summed E-state index contributed by atoms with van der Waals surface area (Å²) in [6, 6.07) is 11.6. The van der Waals surface area contributed by atoms with Gasteiger partial charge < -0.3 is 56.5 Å². The molecule has 1 unspecified atom stereocenters. The highest BCUT2D eigenvalue weighted by molar-refractivity contribution is 7.86. The van der Waals surface area contributed by atoms with Crippen molar-refractivity contribution in [2.75, 3.05) is 116 Å². The summed E-state index contributed by atoms with van der Waals surface area (Å²) in [6.07, 6.45) is 5.24. The molecule has 1 aromatic carbocycles. The molecule has 3 aliphatic rings. The van der Waals surface area contributed by atoms with Crippen LogP contribution in [0.5, 0.6) is 0 Å². The van der Waals surface area contributed by atoms with Gasteiger partial charge in [0.15, 0.2) is 6.54 Å². The van der Waals surface area contributed by atoms with Gasteiger partial charge in [-0.1, -0.05) is 26.8 Å². The molecule has 0 saturated carbocycles. The molecule has 1 N–H and O–H groups in total. The zero-order valence-corrected chi connectivity index (χ0v) is 42.9. The highest BCUT2D eigenvalue weighted by Crippen LogP contribution is 2.51. The first kappa shape index (κ1) is 58.5. The predicted molar refractivity (Wildman–Crippen MR) is 256 cm³/mol. The molecule has 0 radical (unpaired) electrons. The number of aliphatic carboxylic acids is 1. The summed E-state index contributed by atoms with van der Waals surface area (Å²) in [6.45, 7) is 11.7. The highest BCUT2D eigenvalue weighted by Gasteiger charge is 2.43. The molecule has 392 valence electrons. The van der Waals surface area contributed by atoms with Gasteiger partial charge >= 0.3 is 5.97 Å². The van der Waals surface area contributed by atoms with Crippen molar-refractivity contribution in [3.63, 3.8) is 0 Å². The van der Waals surface area contributed by atoms with E-state index in [1.54, 1.807) is 32.3 Å². The van der Waals surface area contributed by atoms with Crippen LogP contribution in [-0.2, 0) is 74.4 Å². The molecule has 1 aliphatic carbocycles.